The van der Waals surface area contributed by atoms with E-state index in [4.69, 9.17) is 11.6 Å². The first-order chi connectivity index (χ1) is 11.5. The zero-order valence-electron chi connectivity index (χ0n) is 14.1. The number of rotatable bonds is 2. The summed E-state index contributed by atoms with van der Waals surface area (Å²) in [4.78, 5) is 23.9. The number of benzene rings is 1. The van der Waals surface area contributed by atoms with Crippen molar-refractivity contribution in [2.24, 2.45) is 0 Å². The van der Waals surface area contributed by atoms with Gasteiger partial charge in [-0.15, -0.1) is 0 Å². The Labute approximate surface area is 147 Å². The van der Waals surface area contributed by atoms with Gasteiger partial charge in [-0.25, -0.2) is 4.98 Å². The number of aryl methyl sites for hydroxylation is 3. The molecule has 1 saturated heterocycles. The van der Waals surface area contributed by atoms with Crippen molar-refractivity contribution in [2.45, 2.75) is 26.8 Å². The molecule has 1 N–H and O–H groups in total. The van der Waals surface area contributed by atoms with Crippen molar-refractivity contribution in [1.82, 2.24) is 20.2 Å². The number of carbonyl (C=O) groups excluding carboxylic acids is 1. The summed E-state index contributed by atoms with van der Waals surface area (Å²) in [6, 6.07) is 7.61. The monoisotopic (exact) mass is 344 g/mol. The zero-order valence-corrected chi connectivity index (χ0v) is 14.9. The van der Waals surface area contributed by atoms with Crippen LogP contribution >= 0.6 is 11.6 Å². The molecular weight excluding hydrogens is 324 g/mol. The number of piperazine rings is 1. The molecule has 1 unspecified atom stereocenters. The molecule has 2 aromatic rings. The van der Waals surface area contributed by atoms with Gasteiger partial charge in [0, 0.05) is 24.7 Å². The van der Waals surface area contributed by atoms with E-state index in [1.54, 1.807) is 0 Å². The number of aromatic nitrogens is 2. The molecular formula is C18H21ClN4O. The van der Waals surface area contributed by atoms with Crippen molar-refractivity contribution >= 4 is 17.5 Å². The Balaban J connectivity index is 1.96. The Hall–Kier alpha value is -1.98. The van der Waals surface area contributed by atoms with E-state index in [2.05, 4.69) is 15.3 Å². The summed E-state index contributed by atoms with van der Waals surface area (Å²) < 4.78 is 0. The van der Waals surface area contributed by atoms with Gasteiger partial charge < -0.3 is 10.2 Å². The number of hydrogen-bond donors (Lipinski definition) is 1. The standard InChI is InChI=1S/C18H21ClN4O/c1-11-12(2)22-17(13(3)21-11)18(24)23-8-7-20-10-16(23)14-5-4-6-15(19)9-14/h4-6,9,16,20H,7-8,10H2,1-3H3. The fraction of sp³-hybridized carbons (Fsp3) is 0.389. The second kappa shape index (κ2) is 6.87. The lowest BCUT2D eigenvalue weighted by molar-refractivity contribution is 0.0626. The Morgan fingerprint density at radius 2 is 1.96 bits per heavy atom. The van der Waals surface area contributed by atoms with E-state index in [1.807, 2.05) is 49.9 Å². The van der Waals surface area contributed by atoms with Gasteiger partial charge in [-0.2, -0.15) is 0 Å². The highest BCUT2D eigenvalue weighted by molar-refractivity contribution is 6.30. The third-order valence-electron chi connectivity index (χ3n) is 4.42. The Morgan fingerprint density at radius 1 is 1.21 bits per heavy atom. The van der Waals surface area contributed by atoms with Gasteiger partial charge in [-0.05, 0) is 38.5 Å². The van der Waals surface area contributed by atoms with Crippen molar-refractivity contribution in [2.75, 3.05) is 19.6 Å². The van der Waals surface area contributed by atoms with Gasteiger partial charge in [0.1, 0.15) is 5.69 Å². The van der Waals surface area contributed by atoms with Crippen LogP contribution in [0.15, 0.2) is 24.3 Å². The highest BCUT2D eigenvalue weighted by Gasteiger charge is 2.30. The minimum absolute atomic E-state index is 0.0623. The maximum atomic E-state index is 13.1. The minimum atomic E-state index is -0.0745. The SMILES string of the molecule is Cc1nc(C)c(C(=O)N2CCNCC2c2cccc(Cl)c2)nc1C. The highest BCUT2D eigenvalue weighted by atomic mass is 35.5. The number of carbonyl (C=O) groups is 1. The number of nitrogens with zero attached hydrogens (tertiary/aromatic N) is 3. The molecule has 0 radical (unpaired) electrons. The predicted octanol–water partition coefficient (Wildman–Crippen LogP) is 2.84. The molecule has 3 rings (SSSR count). The lowest BCUT2D eigenvalue weighted by Gasteiger charge is -2.36. The van der Waals surface area contributed by atoms with Crippen molar-refractivity contribution in [3.63, 3.8) is 0 Å². The van der Waals surface area contributed by atoms with E-state index in [1.165, 1.54) is 0 Å². The van der Waals surface area contributed by atoms with E-state index < -0.39 is 0 Å². The molecule has 2 heterocycles. The summed E-state index contributed by atoms with van der Waals surface area (Å²) in [7, 11) is 0. The number of amides is 1. The molecule has 1 aliphatic heterocycles. The molecule has 1 aromatic heterocycles. The van der Waals surface area contributed by atoms with Crippen LogP contribution in [0.3, 0.4) is 0 Å². The van der Waals surface area contributed by atoms with Crippen LogP contribution in [-0.2, 0) is 0 Å². The second-order valence-electron chi connectivity index (χ2n) is 6.10. The highest BCUT2D eigenvalue weighted by Crippen LogP contribution is 2.26. The molecule has 6 heteroatoms. The van der Waals surface area contributed by atoms with Crippen molar-refractivity contribution in [3.05, 3.63) is 57.6 Å². The van der Waals surface area contributed by atoms with Gasteiger partial charge in [-0.1, -0.05) is 23.7 Å². The third kappa shape index (κ3) is 3.28. The van der Waals surface area contributed by atoms with Crippen LogP contribution in [0, 0.1) is 20.8 Å². The molecule has 0 bridgehead atoms. The Bertz CT molecular complexity index is 778. The average Bonchev–Trinajstić information content (AvgIpc) is 2.57. The van der Waals surface area contributed by atoms with Gasteiger partial charge in [0.25, 0.3) is 5.91 Å². The van der Waals surface area contributed by atoms with Gasteiger partial charge in [-0.3, -0.25) is 9.78 Å². The summed E-state index contributed by atoms with van der Waals surface area (Å²) >= 11 is 6.13. The first-order valence-corrected chi connectivity index (χ1v) is 8.44. The molecule has 1 atom stereocenters. The fourth-order valence-electron chi connectivity index (χ4n) is 3.01. The average molecular weight is 345 g/mol. The van der Waals surface area contributed by atoms with Crippen LogP contribution in [0.5, 0.6) is 0 Å². The molecule has 0 spiro atoms. The van der Waals surface area contributed by atoms with Gasteiger partial charge in [0.2, 0.25) is 0 Å². The van der Waals surface area contributed by atoms with Gasteiger partial charge in [0.15, 0.2) is 0 Å². The summed E-state index contributed by atoms with van der Waals surface area (Å²) in [5.41, 5.74) is 3.78. The molecule has 1 amide bonds. The van der Waals surface area contributed by atoms with Crippen LogP contribution in [0.2, 0.25) is 5.02 Å². The Morgan fingerprint density at radius 3 is 2.71 bits per heavy atom. The number of nitrogens with one attached hydrogen (secondary N) is 1. The van der Waals surface area contributed by atoms with E-state index >= 15 is 0 Å². The predicted molar refractivity (Wildman–Crippen MR) is 94.3 cm³/mol. The topological polar surface area (TPSA) is 58.1 Å². The summed E-state index contributed by atoms with van der Waals surface area (Å²) in [5, 5.41) is 4.02. The van der Waals surface area contributed by atoms with E-state index in [0.717, 1.165) is 23.5 Å². The normalized spacial score (nSPS) is 17.8. The van der Waals surface area contributed by atoms with Crippen LogP contribution in [0.4, 0.5) is 0 Å². The van der Waals surface area contributed by atoms with E-state index in [9.17, 15) is 4.79 Å². The van der Waals surface area contributed by atoms with E-state index in [0.29, 0.717) is 29.5 Å². The largest absolute Gasteiger partial charge is 0.328 e. The maximum Gasteiger partial charge on any atom is 0.274 e. The van der Waals surface area contributed by atoms with Gasteiger partial charge >= 0.3 is 0 Å². The molecule has 1 fully saturated rings. The van der Waals surface area contributed by atoms with Crippen LogP contribution in [0.25, 0.3) is 0 Å². The summed E-state index contributed by atoms with van der Waals surface area (Å²) in [5.74, 6) is -0.0745. The lowest BCUT2D eigenvalue weighted by atomic mass is 10.0. The molecule has 126 valence electrons. The quantitative estimate of drug-likeness (QED) is 0.910. The van der Waals surface area contributed by atoms with E-state index in [-0.39, 0.29) is 11.9 Å². The van der Waals surface area contributed by atoms with Gasteiger partial charge in [0.05, 0.1) is 23.1 Å². The minimum Gasteiger partial charge on any atom is -0.328 e. The fourth-order valence-corrected chi connectivity index (χ4v) is 3.21. The summed E-state index contributed by atoms with van der Waals surface area (Å²) in [6.45, 7) is 7.71. The molecule has 24 heavy (non-hydrogen) atoms. The zero-order chi connectivity index (χ0) is 17.3. The summed E-state index contributed by atoms with van der Waals surface area (Å²) in [6.07, 6.45) is 0. The Kier molecular flexibility index (Phi) is 4.83. The van der Waals surface area contributed by atoms with Crippen molar-refractivity contribution < 1.29 is 4.79 Å². The molecule has 0 aliphatic carbocycles. The van der Waals surface area contributed by atoms with Crippen molar-refractivity contribution in [3.8, 4) is 0 Å². The smallest absolute Gasteiger partial charge is 0.274 e. The molecule has 0 saturated carbocycles. The van der Waals surface area contributed by atoms with Crippen molar-refractivity contribution in [1.29, 1.82) is 0 Å². The molecule has 1 aliphatic rings. The van der Waals surface area contributed by atoms with Crippen LogP contribution in [0.1, 0.15) is 39.2 Å². The third-order valence-corrected chi connectivity index (χ3v) is 4.66. The second-order valence-corrected chi connectivity index (χ2v) is 6.54. The lowest BCUT2D eigenvalue weighted by Crippen LogP contribution is -2.49. The molecule has 5 nitrogen and oxygen atoms in total. The molecule has 1 aromatic carbocycles. The first-order valence-electron chi connectivity index (χ1n) is 8.06. The maximum absolute atomic E-state index is 13.1. The van der Waals surface area contributed by atoms with Crippen LogP contribution in [-0.4, -0.2) is 40.4 Å². The number of halogens is 1. The van der Waals surface area contributed by atoms with Crippen LogP contribution < -0.4 is 5.32 Å². The first kappa shape index (κ1) is 16.9. The number of hydrogen-bond acceptors (Lipinski definition) is 4.